The highest BCUT2D eigenvalue weighted by Crippen LogP contribution is 2.39. The molecule has 2 aromatic carbocycles. The first-order valence-electron chi connectivity index (χ1n) is 9.42. The number of imide groups is 1. The minimum absolute atomic E-state index is 0.144. The van der Waals surface area contributed by atoms with Crippen molar-refractivity contribution in [3.05, 3.63) is 62.5 Å². The van der Waals surface area contributed by atoms with Gasteiger partial charge in [-0.25, -0.2) is 4.79 Å². The van der Waals surface area contributed by atoms with Crippen molar-refractivity contribution in [3.8, 4) is 11.5 Å². The van der Waals surface area contributed by atoms with E-state index >= 15 is 0 Å². The molecule has 0 radical (unpaired) electrons. The maximum Gasteiger partial charge on any atom is 0.335 e. The Labute approximate surface area is 192 Å². The Morgan fingerprint density at radius 1 is 1.26 bits per heavy atom. The fourth-order valence-electron chi connectivity index (χ4n) is 2.98. The monoisotopic (exact) mass is 505 g/mol. The number of carbonyl (C=O) groups is 3. The number of halogens is 1. The van der Waals surface area contributed by atoms with E-state index in [0.717, 1.165) is 11.8 Å². The maximum atomic E-state index is 12.5. The third kappa shape index (κ3) is 5.29. The Hall–Kier alpha value is -2.78. The van der Waals surface area contributed by atoms with Gasteiger partial charge in [0.05, 0.1) is 22.1 Å². The number of carbonyl (C=O) groups excluding carboxylic acids is 2. The topological polar surface area (TPSA) is 93.1 Å². The van der Waals surface area contributed by atoms with Crippen LogP contribution in [0.15, 0.2) is 45.8 Å². The van der Waals surface area contributed by atoms with Crippen LogP contribution in [-0.4, -0.2) is 40.8 Å². The van der Waals surface area contributed by atoms with Gasteiger partial charge >= 0.3 is 5.97 Å². The van der Waals surface area contributed by atoms with Crippen LogP contribution in [0.5, 0.6) is 11.5 Å². The third-order valence-corrected chi connectivity index (χ3v) is 5.92. The molecule has 0 aromatic heterocycles. The maximum absolute atomic E-state index is 12.5. The standard InChI is InChI=1S/C22H20BrNO6S/c1-3-7-24-20(25)18(31-22(24)28)11-14-9-16(23)19(17(10-14)29-2)30-12-13-5-4-6-15(8-13)21(26)27/h4-6,8-11H,3,7,12H2,1-2H3,(H,26,27)/b18-11+. The van der Waals surface area contributed by atoms with Crippen LogP contribution < -0.4 is 9.47 Å². The summed E-state index contributed by atoms with van der Waals surface area (Å²) >= 11 is 4.38. The second-order valence-electron chi connectivity index (χ2n) is 6.66. The molecule has 2 amide bonds. The second kappa shape index (κ2) is 10.0. The van der Waals surface area contributed by atoms with Crippen molar-refractivity contribution in [1.29, 1.82) is 0 Å². The first-order chi connectivity index (χ1) is 14.8. The lowest BCUT2D eigenvalue weighted by Gasteiger charge is -2.14. The van der Waals surface area contributed by atoms with Crippen LogP contribution in [0.4, 0.5) is 4.79 Å². The quantitative estimate of drug-likeness (QED) is 0.493. The van der Waals surface area contributed by atoms with Gasteiger partial charge in [-0.3, -0.25) is 14.5 Å². The van der Waals surface area contributed by atoms with Crippen molar-refractivity contribution in [3.63, 3.8) is 0 Å². The van der Waals surface area contributed by atoms with E-state index in [1.54, 1.807) is 36.4 Å². The molecule has 1 saturated heterocycles. The number of rotatable bonds is 8. The molecule has 0 bridgehead atoms. The zero-order chi connectivity index (χ0) is 22.5. The van der Waals surface area contributed by atoms with E-state index in [0.29, 0.717) is 45.0 Å². The molecule has 1 N–H and O–H groups in total. The van der Waals surface area contributed by atoms with Gasteiger partial charge in [0.1, 0.15) is 6.61 Å². The number of carboxylic acid groups (broad SMARTS) is 1. The molecule has 1 aliphatic heterocycles. The summed E-state index contributed by atoms with van der Waals surface area (Å²) in [5, 5.41) is 8.86. The van der Waals surface area contributed by atoms with Crippen molar-refractivity contribution in [2.24, 2.45) is 0 Å². The molecule has 2 aromatic rings. The van der Waals surface area contributed by atoms with E-state index in [-0.39, 0.29) is 23.3 Å². The van der Waals surface area contributed by atoms with Gasteiger partial charge in [0.2, 0.25) is 0 Å². The van der Waals surface area contributed by atoms with Gasteiger partial charge in [-0.2, -0.15) is 0 Å². The first kappa shape index (κ1) is 22.9. The Kier molecular flexibility index (Phi) is 7.40. The molecule has 0 aliphatic carbocycles. The van der Waals surface area contributed by atoms with Crippen LogP contribution in [0.25, 0.3) is 6.08 Å². The second-order valence-corrected chi connectivity index (χ2v) is 8.51. The summed E-state index contributed by atoms with van der Waals surface area (Å²) in [7, 11) is 1.50. The van der Waals surface area contributed by atoms with Crippen molar-refractivity contribution in [1.82, 2.24) is 4.90 Å². The third-order valence-electron chi connectivity index (χ3n) is 4.43. The van der Waals surface area contributed by atoms with Gasteiger partial charge in [0.15, 0.2) is 11.5 Å². The van der Waals surface area contributed by atoms with Crippen LogP contribution in [-0.2, 0) is 11.4 Å². The molecule has 3 rings (SSSR count). The lowest BCUT2D eigenvalue weighted by Crippen LogP contribution is -2.28. The molecule has 0 spiro atoms. The smallest absolute Gasteiger partial charge is 0.335 e. The summed E-state index contributed by atoms with van der Waals surface area (Å²) in [5.74, 6) is -0.429. The Balaban J connectivity index is 1.82. The van der Waals surface area contributed by atoms with Gasteiger partial charge in [0.25, 0.3) is 11.1 Å². The fraction of sp³-hybridized carbons (Fsp3) is 0.227. The normalized spacial score (nSPS) is 14.9. The SMILES string of the molecule is CCCN1C(=O)S/C(=C/c2cc(Br)c(OCc3cccc(C(=O)O)c3)c(OC)c2)C1=O. The predicted octanol–water partition coefficient (Wildman–Crippen LogP) is 5.18. The number of carboxylic acids is 1. The zero-order valence-electron chi connectivity index (χ0n) is 16.9. The molecule has 7 nitrogen and oxygen atoms in total. The average molecular weight is 506 g/mol. The van der Waals surface area contributed by atoms with E-state index in [2.05, 4.69) is 15.9 Å². The number of benzene rings is 2. The van der Waals surface area contributed by atoms with Crippen LogP contribution in [0.3, 0.4) is 0 Å². The number of hydrogen-bond donors (Lipinski definition) is 1. The molecular formula is C22H20BrNO6S. The number of methoxy groups -OCH3 is 1. The lowest BCUT2D eigenvalue weighted by atomic mass is 10.1. The fourth-order valence-corrected chi connectivity index (χ4v) is 4.42. The van der Waals surface area contributed by atoms with E-state index in [1.807, 2.05) is 6.92 Å². The summed E-state index contributed by atoms with van der Waals surface area (Å²) in [6, 6.07) is 9.96. The highest BCUT2D eigenvalue weighted by Gasteiger charge is 2.34. The van der Waals surface area contributed by atoms with Gasteiger partial charge in [-0.1, -0.05) is 19.1 Å². The molecule has 0 atom stereocenters. The lowest BCUT2D eigenvalue weighted by molar-refractivity contribution is -0.122. The molecule has 0 unspecified atom stereocenters. The van der Waals surface area contributed by atoms with Crippen molar-refractivity contribution < 1.29 is 29.0 Å². The number of hydrogen-bond acceptors (Lipinski definition) is 6. The molecule has 31 heavy (non-hydrogen) atoms. The summed E-state index contributed by atoms with van der Waals surface area (Å²) in [5.41, 5.74) is 1.55. The average Bonchev–Trinajstić information content (AvgIpc) is 3.00. The van der Waals surface area contributed by atoms with Crippen LogP contribution >= 0.6 is 27.7 Å². The largest absolute Gasteiger partial charge is 0.493 e. The molecule has 9 heteroatoms. The minimum atomic E-state index is -1.01. The van der Waals surface area contributed by atoms with Crippen molar-refractivity contribution >= 4 is 50.9 Å². The van der Waals surface area contributed by atoms with Crippen LogP contribution in [0.1, 0.15) is 34.8 Å². The van der Waals surface area contributed by atoms with Gasteiger partial charge in [0, 0.05) is 6.54 Å². The van der Waals surface area contributed by atoms with Gasteiger partial charge in [-0.05, 0) is 75.6 Å². The molecule has 1 heterocycles. The summed E-state index contributed by atoms with van der Waals surface area (Å²) in [6.45, 7) is 2.45. The highest BCUT2D eigenvalue weighted by atomic mass is 79.9. The number of aromatic carboxylic acids is 1. The first-order valence-corrected chi connectivity index (χ1v) is 11.0. The Bertz CT molecular complexity index is 1070. The molecular weight excluding hydrogens is 486 g/mol. The van der Waals surface area contributed by atoms with Crippen LogP contribution in [0, 0.1) is 0 Å². The molecule has 0 saturated carbocycles. The summed E-state index contributed by atoms with van der Waals surface area (Å²) in [4.78, 5) is 37.2. The number of thioether (sulfide) groups is 1. The van der Waals surface area contributed by atoms with E-state index in [1.165, 1.54) is 18.1 Å². The van der Waals surface area contributed by atoms with Crippen molar-refractivity contribution in [2.45, 2.75) is 20.0 Å². The van der Waals surface area contributed by atoms with Gasteiger partial charge < -0.3 is 14.6 Å². The Morgan fingerprint density at radius 2 is 2.03 bits per heavy atom. The number of ether oxygens (including phenoxy) is 2. The Morgan fingerprint density at radius 3 is 2.71 bits per heavy atom. The van der Waals surface area contributed by atoms with E-state index in [9.17, 15) is 14.4 Å². The van der Waals surface area contributed by atoms with E-state index in [4.69, 9.17) is 14.6 Å². The predicted molar refractivity (Wildman–Crippen MR) is 121 cm³/mol. The summed E-state index contributed by atoms with van der Waals surface area (Å²) < 4.78 is 11.9. The van der Waals surface area contributed by atoms with Crippen LogP contribution in [0.2, 0.25) is 0 Å². The number of amides is 2. The number of nitrogens with zero attached hydrogens (tertiary/aromatic N) is 1. The molecule has 1 fully saturated rings. The molecule has 162 valence electrons. The zero-order valence-corrected chi connectivity index (χ0v) is 19.3. The van der Waals surface area contributed by atoms with Crippen molar-refractivity contribution in [2.75, 3.05) is 13.7 Å². The highest BCUT2D eigenvalue weighted by molar-refractivity contribution is 9.10. The minimum Gasteiger partial charge on any atom is -0.493 e. The summed E-state index contributed by atoms with van der Waals surface area (Å²) in [6.07, 6.45) is 2.35. The van der Waals surface area contributed by atoms with E-state index < -0.39 is 5.97 Å². The van der Waals surface area contributed by atoms with Gasteiger partial charge in [-0.15, -0.1) is 0 Å². The molecule has 1 aliphatic rings.